The average Bonchev–Trinajstić information content (AvgIpc) is 3.24. The Balaban J connectivity index is 0.00000289. The third kappa shape index (κ3) is 5.99. The highest BCUT2D eigenvalue weighted by atomic mass is 127. The summed E-state index contributed by atoms with van der Waals surface area (Å²) < 4.78 is 19.4. The summed E-state index contributed by atoms with van der Waals surface area (Å²) in [6, 6.07) is 8.55. The van der Waals surface area contributed by atoms with Crippen LogP contribution in [0, 0.1) is 5.82 Å². The molecule has 2 aromatic rings. The van der Waals surface area contributed by atoms with E-state index in [0.717, 1.165) is 18.5 Å². The molecule has 0 spiro atoms. The van der Waals surface area contributed by atoms with Crippen LogP contribution in [0.5, 0.6) is 0 Å². The van der Waals surface area contributed by atoms with E-state index in [9.17, 15) is 9.18 Å². The van der Waals surface area contributed by atoms with E-state index in [1.807, 2.05) is 18.7 Å². The van der Waals surface area contributed by atoms with Crippen molar-refractivity contribution in [3.63, 3.8) is 0 Å². The molecule has 2 unspecified atom stereocenters. The normalized spacial score (nSPS) is 21.0. The van der Waals surface area contributed by atoms with Crippen molar-refractivity contribution in [2.75, 3.05) is 32.7 Å². The molecule has 1 amide bonds. The van der Waals surface area contributed by atoms with Gasteiger partial charge < -0.3 is 19.9 Å². The number of amides is 1. The highest BCUT2D eigenvalue weighted by molar-refractivity contribution is 14.0. The fourth-order valence-electron chi connectivity index (χ4n) is 4.12. The Morgan fingerprint density at radius 3 is 2.78 bits per heavy atom. The highest BCUT2D eigenvalue weighted by Crippen LogP contribution is 2.26. The van der Waals surface area contributed by atoms with Gasteiger partial charge in [0.2, 0.25) is 5.91 Å². The maximum atomic E-state index is 13.3. The predicted molar refractivity (Wildman–Crippen MR) is 136 cm³/mol. The molecule has 32 heavy (non-hydrogen) atoms. The lowest BCUT2D eigenvalue weighted by Crippen LogP contribution is -2.51. The lowest BCUT2D eigenvalue weighted by molar-refractivity contribution is -0.130. The van der Waals surface area contributed by atoms with Crippen LogP contribution >= 0.6 is 35.3 Å². The number of hydrogen-bond donors (Lipinski definition) is 1. The van der Waals surface area contributed by atoms with Crippen molar-refractivity contribution in [3.05, 3.63) is 57.5 Å². The highest BCUT2D eigenvalue weighted by Gasteiger charge is 2.29. The van der Waals surface area contributed by atoms with Crippen LogP contribution in [-0.2, 0) is 22.5 Å². The lowest BCUT2D eigenvalue weighted by Gasteiger charge is -2.38. The number of fused-ring (bicyclic) bond motifs is 1. The Hall–Kier alpha value is -1.72. The first-order valence-electron chi connectivity index (χ1n) is 10.8. The summed E-state index contributed by atoms with van der Waals surface area (Å²) in [5, 5.41) is 5.41. The van der Waals surface area contributed by atoms with E-state index in [1.165, 1.54) is 22.6 Å². The van der Waals surface area contributed by atoms with Gasteiger partial charge in [0.05, 0.1) is 12.6 Å². The van der Waals surface area contributed by atoms with Gasteiger partial charge >= 0.3 is 0 Å². The molecule has 6 nitrogen and oxygen atoms in total. The van der Waals surface area contributed by atoms with Crippen LogP contribution in [0.25, 0.3) is 0 Å². The molecule has 4 rings (SSSR count). The fourth-order valence-corrected chi connectivity index (χ4v) is 5.01. The molecular weight excluding hydrogens is 542 g/mol. The van der Waals surface area contributed by atoms with Crippen molar-refractivity contribution in [2.45, 2.75) is 39.0 Å². The van der Waals surface area contributed by atoms with Crippen molar-refractivity contribution >= 4 is 47.2 Å². The predicted octanol–water partition coefficient (Wildman–Crippen LogP) is 3.82. The zero-order chi connectivity index (χ0) is 21.8. The van der Waals surface area contributed by atoms with Crippen LogP contribution in [-0.4, -0.2) is 60.5 Å². The molecule has 0 aliphatic carbocycles. The van der Waals surface area contributed by atoms with Crippen molar-refractivity contribution in [2.24, 2.45) is 4.99 Å². The average molecular weight is 572 g/mol. The number of aliphatic imine (C=N–C) groups is 1. The molecule has 1 aromatic heterocycles. The second kappa shape index (κ2) is 11.4. The number of ether oxygens (including phenoxy) is 1. The van der Waals surface area contributed by atoms with Gasteiger partial charge in [-0.3, -0.25) is 4.79 Å². The number of benzene rings is 1. The van der Waals surface area contributed by atoms with Gasteiger partial charge in [0.15, 0.2) is 5.96 Å². The number of carbonyl (C=O) groups is 1. The minimum absolute atomic E-state index is 0. The quantitative estimate of drug-likeness (QED) is 0.344. The zero-order valence-electron chi connectivity index (χ0n) is 18.4. The summed E-state index contributed by atoms with van der Waals surface area (Å²) in [6.07, 6.45) is 0.730. The first-order chi connectivity index (χ1) is 15.0. The Bertz CT molecular complexity index is 936. The standard InChI is InChI=1S/C23H29FN4O2S.HI/c1-3-25-23(26-12-22(29)27-10-8-21-18(14-27)9-11-31-21)28-13-16(2)30-20(15-28)17-4-6-19(24)7-5-17;/h4-7,9,11,16,20H,3,8,10,12-15H2,1-2H3,(H,25,26);1H. The number of morpholine rings is 1. The van der Waals surface area contributed by atoms with Crippen LogP contribution in [0.2, 0.25) is 0 Å². The van der Waals surface area contributed by atoms with Gasteiger partial charge in [-0.2, -0.15) is 0 Å². The maximum Gasteiger partial charge on any atom is 0.244 e. The fraction of sp³-hybridized carbons (Fsp3) is 0.478. The van der Waals surface area contributed by atoms with E-state index in [4.69, 9.17) is 4.74 Å². The molecule has 174 valence electrons. The zero-order valence-corrected chi connectivity index (χ0v) is 21.6. The molecule has 1 aromatic carbocycles. The number of thiophene rings is 1. The van der Waals surface area contributed by atoms with Gasteiger partial charge in [-0.15, -0.1) is 35.3 Å². The molecule has 1 fully saturated rings. The van der Waals surface area contributed by atoms with Gasteiger partial charge in [0, 0.05) is 31.1 Å². The summed E-state index contributed by atoms with van der Waals surface area (Å²) in [4.78, 5) is 22.9. The number of guanidine groups is 1. The van der Waals surface area contributed by atoms with E-state index >= 15 is 0 Å². The van der Waals surface area contributed by atoms with Crippen molar-refractivity contribution in [1.29, 1.82) is 0 Å². The molecular formula is C23H30FIN4O2S. The van der Waals surface area contributed by atoms with Crippen LogP contribution in [0.1, 0.15) is 36.0 Å². The largest absolute Gasteiger partial charge is 0.367 e. The lowest BCUT2D eigenvalue weighted by atomic mass is 10.1. The number of hydrogen-bond acceptors (Lipinski definition) is 4. The van der Waals surface area contributed by atoms with Gasteiger partial charge in [-0.05, 0) is 55.0 Å². The summed E-state index contributed by atoms with van der Waals surface area (Å²) in [5.74, 6) is 0.500. The third-order valence-corrected chi connectivity index (χ3v) is 6.68. The van der Waals surface area contributed by atoms with Crippen molar-refractivity contribution < 1.29 is 13.9 Å². The Labute approximate surface area is 209 Å². The van der Waals surface area contributed by atoms with Crippen LogP contribution in [0.4, 0.5) is 4.39 Å². The minimum atomic E-state index is -0.259. The van der Waals surface area contributed by atoms with E-state index in [-0.39, 0.29) is 54.5 Å². The van der Waals surface area contributed by atoms with Crippen molar-refractivity contribution in [1.82, 2.24) is 15.1 Å². The SMILES string of the molecule is CCNC(=NCC(=O)N1CCc2sccc2C1)N1CC(C)OC(c2ccc(F)cc2)C1.I. The molecule has 1 saturated heterocycles. The Morgan fingerprint density at radius 1 is 1.25 bits per heavy atom. The molecule has 9 heteroatoms. The van der Waals surface area contributed by atoms with E-state index in [2.05, 4.69) is 26.7 Å². The monoisotopic (exact) mass is 572 g/mol. The second-order valence-electron chi connectivity index (χ2n) is 8.00. The van der Waals surface area contributed by atoms with Gasteiger partial charge in [-0.25, -0.2) is 9.38 Å². The summed E-state index contributed by atoms with van der Waals surface area (Å²) >= 11 is 1.77. The summed E-state index contributed by atoms with van der Waals surface area (Å²) in [5.41, 5.74) is 2.19. The summed E-state index contributed by atoms with van der Waals surface area (Å²) in [7, 11) is 0. The molecule has 1 N–H and O–H groups in total. The van der Waals surface area contributed by atoms with Crippen LogP contribution in [0.15, 0.2) is 40.7 Å². The van der Waals surface area contributed by atoms with Gasteiger partial charge in [0.25, 0.3) is 0 Å². The van der Waals surface area contributed by atoms with E-state index in [0.29, 0.717) is 32.1 Å². The van der Waals surface area contributed by atoms with E-state index in [1.54, 1.807) is 23.5 Å². The topological polar surface area (TPSA) is 57.2 Å². The van der Waals surface area contributed by atoms with Gasteiger partial charge in [0.1, 0.15) is 18.5 Å². The number of nitrogens with one attached hydrogen (secondary N) is 1. The van der Waals surface area contributed by atoms with Crippen LogP contribution < -0.4 is 5.32 Å². The first-order valence-corrected chi connectivity index (χ1v) is 11.7. The summed E-state index contributed by atoms with van der Waals surface area (Å²) in [6.45, 7) is 7.56. The Morgan fingerprint density at radius 2 is 2.03 bits per heavy atom. The third-order valence-electron chi connectivity index (χ3n) is 5.66. The Kier molecular flexibility index (Phi) is 8.89. The van der Waals surface area contributed by atoms with Gasteiger partial charge in [-0.1, -0.05) is 12.1 Å². The molecule has 0 radical (unpaired) electrons. The molecule has 0 bridgehead atoms. The number of rotatable bonds is 4. The van der Waals surface area contributed by atoms with Crippen molar-refractivity contribution in [3.8, 4) is 0 Å². The maximum absolute atomic E-state index is 13.3. The number of halogens is 2. The minimum Gasteiger partial charge on any atom is -0.367 e. The van der Waals surface area contributed by atoms with E-state index < -0.39 is 0 Å². The second-order valence-corrected chi connectivity index (χ2v) is 9.00. The molecule has 0 saturated carbocycles. The number of nitrogens with zero attached hydrogens (tertiary/aromatic N) is 3. The molecule has 2 aliphatic heterocycles. The first kappa shape index (κ1) is 24.9. The number of carbonyl (C=O) groups excluding carboxylic acids is 1. The van der Waals surface area contributed by atoms with Crippen LogP contribution in [0.3, 0.4) is 0 Å². The smallest absolute Gasteiger partial charge is 0.244 e. The molecule has 3 heterocycles. The molecule has 2 atom stereocenters. The molecule has 2 aliphatic rings.